The predicted octanol–water partition coefficient (Wildman–Crippen LogP) is 5.73. The Bertz CT molecular complexity index is 1660. The van der Waals surface area contributed by atoms with Gasteiger partial charge in [0.25, 0.3) is 0 Å². The van der Waals surface area contributed by atoms with Crippen molar-refractivity contribution in [2.24, 2.45) is 0 Å². The minimum Gasteiger partial charge on any atom is -0.489 e. The number of carbonyl (C=O) groups excluding carboxylic acids is 2. The van der Waals surface area contributed by atoms with Crippen LogP contribution in [-0.2, 0) is 39.2 Å². The third-order valence-corrected chi connectivity index (χ3v) is 9.36. The lowest BCUT2D eigenvalue weighted by Crippen LogP contribution is -2.54. The van der Waals surface area contributed by atoms with Crippen LogP contribution in [0.1, 0.15) is 42.4 Å². The molecule has 0 unspecified atom stereocenters. The van der Waals surface area contributed by atoms with Gasteiger partial charge in [-0.25, -0.2) is 8.42 Å². The normalized spacial score (nSPS) is 13.9. The van der Waals surface area contributed by atoms with Gasteiger partial charge >= 0.3 is 0 Å². The molecule has 4 aromatic rings. The third-order valence-electron chi connectivity index (χ3n) is 8.22. The Balaban J connectivity index is 1.41. The van der Waals surface area contributed by atoms with E-state index in [9.17, 15) is 18.0 Å². The highest BCUT2D eigenvalue weighted by Crippen LogP contribution is 2.24. The molecule has 2 amide bonds. The van der Waals surface area contributed by atoms with Crippen molar-refractivity contribution in [2.75, 3.05) is 17.1 Å². The topological polar surface area (TPSA) is 96.0 Å². The molecule has 1 atom stereocenters. The number of amides is 2. The van der Waals surface area contributed by atoms with Crippen LogP contribution >= 0.6 is 0 Å². The molecular formula is C37H41N3O5S. The second kappa shape index (κ2) is 15.6. The molecule has 9 heteroatoms. The lowest BCUT2D eigenvalue weighted by molar-refractivity contribution is -0.140. The van der Waals surface area contributed by atoms with Gasteiger partial charge in [0.2, 0.25) is 21.8 Å². The van der Waals surface area contributed by atoms with Gasteiger partial charge in [-0.2, -0.15) is 0 Å². The van der Waals surface area contributed by atoms with Gasteiger partial charge in [-0.1, -0.05) is 104 Å². The number of hydrogen-bond acceptors (Lipinski definition) is 5. The molecule has 240 valence electrons. The van der Waals surface area contributed by atoms with Gasteiger partial charge in [0.15, 0.2) is 0 Å². The number of ether oxygens (including phenoxy) is 1. The van der Waals surface area contributed by atoms with Gasteiger partial charge < -0.3 is 15.0 Å². The second-order valence-electron chi connectivity index (χ2n) is 11.7. The number of anilines is 1. The summed E-state index contributed by atoms with van der Waals surface area (Å²) in [4.78, 5) is 29.8. The molecule has 0 spiro atoms. The number of nitrogens with zero attached hydrogens (tertiary/aromatic N) is 2. The average molecular weight is 640 g/mol. The Morgan fingerprint density at radius 1 is 0.783 bits per heavy atom. The molecule has 1 saturated carbocycles. The lowest BCUT2D eigenvalue weighted by Gasteiger charge is -2.34. The van der Waals surface area contributed by atoms with Gasteiger partial charge in [-0.05, 0) is 53.8 Å². The molecular weight excluding hydrogens is 598 g/mol. The number of nitrogens with one attached hydrogen (secondary N) is 1. The highest BCUT2D eigenvalue weighted by molar-refractivity contribution is 7.92. The molecule has 1 N–H and O–H groups in total. The van der Waals surface area contributed by atoms with Gasteiger partial charge in [0.1, 0.15) is 24.9 Å². The van der Waals surface area contributed by atoms with E-state index in [-0.39, 0.29) is 18.5 Å². The Labute approximate surface area is 272 Å². The molecule has 1 aliphatic rings. The van der Waals surface area contributed by atoms with Crippen molar-refractivity contribution in [2.45, 2.75) is 57.3 Å². The van der Waals surface area contributed by atoms with Crippen LogP contribution in [0.3, 0.4) is 0 Å². The molecule has 5 rings (SSSR count). The van der Waals surface area contributed by atoms with E-state index < -0.39 is 28.5 Å². The van der Waals surface area contributed by atoms with E-state index in [0.717, 1.165) is 52.9 Å². The molecule has 0 heterocycles. The summed E-state index contributed by atoms with van der Waals surface area (Å²) >= 11 is 0. The van der Waals surface area contributed by atoms with E-state index in [1.165, 1.54) is 4.90 Å². The number of hydrogen-bond donors (Lipinski definition) is 1. The molecule has 46 heavy (non-hydrogen) atoms. The Kier molecular flexibility index (Phi) is 11.1. The summed E-state index contributed by atoms with van der Waals surface area (Å²) in [5.74, 6) is -0.128. The molecule has 1 fully saturated rings. The van der Waals surface area contributed by atoms with Crippen molar-refractivity contribution in [3.05, 3.63) is 132 Å². The molecule has 0 radical (unpaired) electrons. The molecule has 0 bridgehead atoms. The number of sulfonamides is 1. The first-order valence-electron chi connectivity index (χ1n) is 15.7. The number of rotatable bonds is 14. The summed E-state index contributed by atoms with van der Waals surface area (Å²) < 4.78 is 33.2. The summed E-state index contributed by atoms with van der Waals surface area (Å²) in [6, 6.07) is 34.6. The van der Waals surface area contributed by atoms with E-state index in [1.54, 1.807) is 24.3 Å². The molecule has 4 aromatic carbocycles. The van der Waals surface area contributed by atoms with Gasteiger partial charge in [0, 0.05) is 19.0 Å². The lowest BCUT2D eigenvalue weighted by atomic mass is 10.0. The highest BCUT2D eigenvalue weighted by atomic mass is 32.2. The quantitative estimate of drug-likeness (QED) is 0.190. The fourth-order valence-electron chi connectivity index (χ4n) is 5.76. The van der Waals surface area contributed by atoms with Crippen molar-refractivity contribution in [1.29, 1.82) is 0 Å². The van der Waals surface area contributed by atoms with Crippen molar-refractivity contribution in [1.82, 2.24) is 10.2 Å². The van der Waals surface area contributed by atoms with Crippen LogP contribution in [0.25, 0.3) is 0 Å². The third kappa shape index (κ3) is 9.20. The Morgan fingerprint density at radius 2 is 1.33 bits per heavy atom. The number of benzene rings is 4. The highest BCUT2D eigenvalue weighted by Gasteiger charge is 2.34. The van der Waals surface area contributed by atoms with Crippen LogP contribution < -0.4 is 14.4 Å². The molecule has 0 aliphatic heterocycles. The minimum atomic E-state index is -3.87. The molecule has 0 saturated heterocycles. The fourth-order valence-corrected chi connectivity index (χ4v) is 6.61. The maximum atomic E-state index is 14.3. The van der Waals surface area contributed by atoms with E-state index >= 15 is 0 Å². The van der Waals surface area contributed by atoms with E-state index in [4.69, 9.17) is 4.74 Å². The largest absolute Gasteiger partial charge is 0.489 e. The van der Waals surface area contributed by atoms with E-state index in [2.05, 4.69) is 5.32 Å². The maximum absolute atomic E-state index is 14.3. The van der Waals surface area contributed by atoms with Crippen LogP contribution in [0.2, 0.25) is 0 Å². The second-order valence-corrected chi connectivity index (χ2v) is 13.6. The van der Waals surface area contributed by atoms with Crippen LogP contribution in [0.5, 0.6) is 5.75 Å². The summed E-state index contributed by atoms with van der Waals surface area (Å²) in [6.07, 6.45) is 5.30. The van der Waals surface area contributed by atoms with Gasteiger partial charge in [-0.15, -0.1) is 0 Å². The summed E-state index contributed by atoms with van der Waals surface area (Å²) in [6.45, 7) is 0.0612. The van der Waals surface area contributed by atoms with E-state index in [1.807, 2.05) is 91.0 Å². The van der Waals surface area contributed by atoms with Gasteiger partial charge in [0.05, 0.1) is 11.9 Å². The standard InChI is InChI=1S/C37H41N3O5S/c1-46(43,44)40(33-21-23-34(24-22-33)45-28-31-17-9-4-10-18-31)27-36(41)39(26-30-15-7-3-8-16-30)35(25-29-13-5-2-6-14-29)37(42)38-32-19-11-12-20-32/h2-10,13-18,21-24,32,35H,11-12,19-20,25-28H2,1H3,(H,38,42)/t35-/m0/s1. The first-order chi connectivity index (χ1) is 22.3. The predicted molar refractivity (Wildman–Crippen MR) is 181 cm³/mol. The van der Waals surface area contributed by atoms with Crippen molar-refractivity contribution >= 4 is 27.5 Å². The zero-order chi connectivity index (χ0) is 32.4. The zero-order valence-electron chi connectivity index (χ0n) is 26.1. The van der Waals surface area contributed by atoms with Crippen molar-refractivity contribution in [3.63, 3.8) is 0 Å². The number of carbonyl (C=O) groups is 2. The first kappa shape index (κ1) is 32.8. The van der Waals surface area contributed by atoms with Crippen LogP contribution in [0.15, 0.2) is 115 Å². The van der Waals surface area contributed by atoms with Gasteiger partial charge in [-0.3, -0.25) is 13.9 Å². The Hall–Kier alpha value is -4.63. The first-order valence-corrected chi connectivity index (χ1v) is 17.5. The van der Waals surface area contributed by atoms with Crippen molar-refractivity contribution < 1.29 is 22.7 Å². The van der Waals surface area contributed by atoms with Crippen LogP contribution in [0.4, 0.5) is 5.69 Å². The summed E-state index contributed by atoms with van der Waals surface area (Å²) in [5.41, 5.74) is 3.09. The molecule has 8 nitrogen and oxygen atoms in total. The minimum absolute atomic E-state index is 0.0644. The SMILES string of the molecule is CS(=O)(=O)N(CC(=O)N(Cc1ccccc1)[C@@H](Cc1ccccc1)C(=O)NC1CCCC1)c1ccc(OCc2ccccc2)cc1. The van der Waals surface area contributed by atoms with Crippen molar-refractivity contribution in [3.8, 4) is 5.75 Å². The van der Waals surface area contributed by atoms with Crippen LogP contribution in [-0.4, -0.2) is 50.0 Å². The average Bonchev–Trinajstić information content (AvgIpc) is 3.58. The monoisotopic (exact) mass is 639 g/mol. The summed E-state index contributed by atoms with van der Waals surface area (Å²) in [7, 11) is -3.87. The summed E-state index contributed by atoms with van der Waals surface area (Å²) in [5, 5.41) is 3.19. The molecule has 1 aliphatic carbocycles. The van der Waals surface area contributed by atoms with Crippen LogP contribution in [0, 0.1) is 0 Å². The molecule has 0 aromatic heterocycles. The maximum Gasteiger partial charge on any atom is 0.244 e. The smallest absolute Gasteiger partial charge is 0.244 e. The fraction of sp³-hybridized carbons (Fsp3) is 0.297. The Morgan fingerprint density at radius 3 is 1.89 bits per heavy atom. The zero-order valence-corrected chi connectivity index (χ0v) is 26.9. The van der Waals surface area contributed by atoms with E-state index in [0.29, 0.717) is 24.5 Å².